The normalized spacial score (nSPS) is 11.0. The number of hydrazone groups is 2. The molecule has 0 radical (unpaired) electrons. The summed E-state index contributed by atoms with van der Waals surface area (Å²) < 4.78 is 11.5. The van der Waals surface area contributed by atoms with Gasteiger partial charge in [0, 0.05) is 0 Å². The summed E-state index contributed by atoms with van der Waals surface area (Å²) in [5.74, 6) is -0.828. The number of aromatic hydroxyl groups is 2. The highest BCUT2D eigenvalue weighted by molar-refractivity contribution is 9.10. The van der Waals surface area contributed by atoms with E-state index in [-0.39, 0.29) is 23.0 Å². The minimum atomic E-state index is -0.646. The van der Waals surface area contributed by atoms with E-state index in [1.165, 1.54) is 12.4 Å². The third kappa shape index (κ3) is 8.06. The van der Waals surface area contributed by atoms with Crippen LogP contribution >= 0.6 is 31.9 Å². The lowest BCUT2D eigenvalue weighted by Crippen LogP contribution is -2.27. The average Bonchev–Trinajstić information content (AvgIpc) is 2.75. The van der Waals surface area contributed by atoms with Gasteiger partial charge in [-0.2, -0.15) is 10.2 Å². The van der Waals surface area contributed by atoms with Gasteiger partial charge in [-0.3, -0.25) is 9.59 Å². The first-order chi connectivity index (χ1) is 15.7. The highest BCUT2D eigenvalue weighted by Crippen LogP contribution is 2.35. The lowest BCUT2D eigenvalue weighted by atomic mass is 10.2. The molecule has 0 aliphatic carbocycles. The van der Waals surface area contributed by atoms with Gasteiger partial charge >= 0.3 is 0 Å². The Kier molecular flexibility index (Phi) is 10.1. The standard InChI is InChI=1S/C21H22Br2N4O6/c1-3-32-16-7-12(5-14(22)20(16)30)10-24-26-18(28)9-19(29)27-25-11-13-6-15(23)21(31)17(8-13)33-4-2/h5-8,10-11,30-31H,3-4,9H2,1-2H3,(H,26,28)(H,27,29). The summed E-state index contributed by atoms with van der Waals surface area (Å²) in [4.78, 5) is 23.8. The van der Waals surface area contributed by atoms with Crippen LogP contribution in [-0.4, -0.2) is 47.7 Å². The van der Waals surface area contributed by atoms with Crippen molar-refractivity contribution in [2.45, 2.75) is 20.3 Å². The minimum Gasteiger partial charge on any atom is -0.503 e. The molecule has 0 unspecified atom stereocenters. The molecule has 0 spiro atoms. The monoisotopic (exact) mass is 584 g/mol. The molecule has 176 valence electrons. The molecule has 2 rings (SSSR count). The first-order valence-corrected chi connectivity index (χ1v) is 11.3. The Hall–Kier alpha value is -3.12. The Bertz CT molecular complexity index is 992. The van der Waals surface area contributed by atoms with Gasteiger partial charge in [-0.25, -0.2) is 10.9 Å². The molecule has 10 nitrogen and oxygen atoms in total. The number of phenolic OH excluding ortho intramolecular Hbond substituents is 2. The predicted octanol–water partition coefficient (Wildman–Crippen LogP) is 3.41. The van der Waals surface area contributed by atoms with E-state index >= 15 is 0 Å². The third-order valence-electron chi connectivity index (χ3n) is 3.83. The highest BCUT2D eigenvalue weighted by Gasteiger charge is 2.11. The number of nitrogens with zero attached hydrogens (tertiary/aromatic N) is 2. The molecule has 2 aromatic carbocycles. The van der Waals surface area contributed by atoms with Crippen LogP contribution in [-0.2, 0) is 9.59 Å². The van der Waals surface area contributed by atoms with Gasteiger partial charge in [0.1, 0.15) is 6.42 Å². The van der Waals surface area contributed by atoms with Crippen molar-refractivity contribution in [2.75, 3.05) is 13.2 Å². The van der Waals surface area contributed by atoms with Crippen LogP contribution in [0.25, 0.3) is 0 Å². The maximum Gasteiger partial charge on any atom is 0.249 e. The Morgan fingerprint density at radius 3 is 1.61 bits per heavy atom. The predicted molar refractivity (Wildman–Crippen MR) is 130 cm³/mol. The summed E-state index contributed by atoms with van der Waals surface area (Å²) >= 11 is 6.43. The molecule has 2 aromatic rings. The molecular weight excluding hydrogens is 564 g/mol. The summed E-state index contributed by atoms with van der Waals surface area (Å²) in [6.07, 6.45) is 2.19. The van der Waals surface area contributed by atoms with Gasteiger partial charge in [0.15, 0.2) is 23.0 Å². The van der Waals surface area contributed by atoms with Gasteiger partial charge < -0.3 is 19.7 Å². The van der Waals surface area contributed by atoms with Crippen LogP contribution in [0.1, 0.15) is 31.4 Å². The zero-order chi connectivity index (χ0) is 24.4. The molecule has 0 saturated carbocycles. The maximum absolute atomic E-state index is 11.9. The molecule has 0 saturated heterocycles. The Balaban J connectivity index is 1.88. The number of hydrogen-bond acceptors (Lipinski definition) is 8. The minimum absolute atomic E-state index is 0.0379. The zero-order valence-corrected chi connectivity index (χ0v) is 20.9. The fraction of sp³-hybridized carbons (Fsp3) is 0.238. The van der Waals surface area contributed by atoms with Gasteiger partial charge in [-0.1, -0.05) is 0 Å². The quantitative estimate of drug-likeness (QED) is 0.191. The SMILES string of the molecule is CCOc1cc(C=NNC(=O)CC(=O)NN=Cc2cc(Br)c(O)c(OCC)c2)cc(Br)c1O. The molecular formula is C21H22Br2N4O6. The number of carbonyl (C=O) groups is 2. The van der Waals surface area contributed by atoms with Crippen LogP contribution in [0, 0.1) is 0 Å². The molecule has 0 fully saturated rings. The largest absolute Gasteiger partial charge is 0.503 e. The van der Waals surface area contributed by atoms with E-state index in [0.29, 0.717) is 33.3 Å². The molecule has 0 bridgehead atoms. The number of hydrogen-bond donors (Lipinski definition) is 4. The topological polar surface area (TPSA) is 142 Å². The van der Waals surface area contributed by atoms with Crippen molar-refractivity contribution in [2.24, 2.45) is 10.2 Å². The first kappa shape index (κ1) is 26.1. The second-order valence-electron chi connectivity index (χ2n) is 6.33. The van der Waals surface area contributed by atoms with Crippen molar-refractivity contribution in [3.63, 3.8) is 0 Å². The lowest BCUT2D eigenvalue weighted by Gasteiger charge is -2.08. The molecule has 33 heavy (non-hydrogen) atoms. The van der Waals surface area contributed by atoms with Gasteiger partial charge in [-0.15, -0.1) is 0 Å². The molecule has 12 heteroatoms. The number of nitrogens with one attached hydrogen (secondary N) is 2. The molecule has 0 aliphatic rings. The molecule has 4 N–H and O–H groups in total. The summed E-state index contributed by atoms with van der Waals surface area (Å²) in [6, 6.07) is 6.29. The molecule has 0 aromatic heterocycles. The van der Waals surface area contributed by atoms with Crippen molar-refractivity contribution in [3.8, 4) is 23.0 Å². The van der Waals surface area contributed by atoms with Gasteiger partial charge in [0.25, 0.3) is 0 Å². The van der Waals surface area contributed by atoms with E-state index in [9.17, 15) is 19.8 Å². The summed E-state index contributed by atoms with van der Waals surface area (Å²) in [7, 11) is 0. The highest BCUT2D eigenvalue weighted by atomic mass is 79.9. The number of halogens is 2. The number of benzene rings is 2. The van der Waals surface area contributed by atoms with E-state index in [2.05, 4.69) is 52.9 Å². The Morgan fingerprint density at radius 2 is 1.24 bits per heavy atom. The van der Waals surface area contributed by atoms with Crippen molar-refractivity contribution in [3.05, 3.63) is 44.3 Å². The van der Waals surface area contributed by atoms with Crippen LogP contribution < -0.4 is 20.3 Å². The van der Waals surface area contributed by atoms with E-state index in [0.717, 1.165) is 0 Å². The number of ether oxygens (including phenoxy) is 2. The van der Waals surface area contributed by atoms with Crippen molar-refractivity contribution in [1.29, 1.82) is 0 Å². The molecule has 0 aliphatic heterocycles. The van der Waals surface area contributed by atoms with Crippen molar-refractivity contribution in [1.82, 2.24) is 10.9 Å². The number of carbonyl (C=O) groups excluding carboxylic acids is 2. The van der Waals surface area contributed by atoms with Gasteiger partial charge in [0.05, 0.1) is 34.6 Å². The smallest absolute Gasteiger partial charge is 0.249 e. The number of amides is 2. The van der Waals surface area contributed by atoms with E-state index in [1.807, 2.05) is 0 Å². The number of phenols is 2. The van der Waals surface area contributed by atoms with Crippen LogP contribution in [0.4, 0.5) is 0 Å². The Labute approximate surface area is 206 Å². The second-order valence-corrected chi connectivity index (χ2v) is 8.04. The molecule has 2 amide bonds. The fourth-order valence-electron chi connectivity index (χ4n) is 2.45. The summed E-state index contributed by atoms with van der Waals surface area (Å²) in [5.41, 5.74) is 5.60. The van der Waals surface area contributed by atoms with Crippen LogP contribution in [0.5, 0.6) is 23.0 Å². The van der Waals surface area contributed by atoms with Gasteiger partial charge in [0.2, 0.25) is 11.8 Å². The summed E-state index contributed by atoms with van der Waals surface area (Å²) in [5, 5.41) is 27.4. The molecule has 0 atom stereocenters. The van der Waals surface area contributed by atoms with E-state index in [4.69, 9.17) is 9.47 Å². The third-order valence-corrected chi connectivity index (χ3v) is 5.04. The van der Waals surface area contributed by atoms with Crippen molar-refractivity contribution >= 4 is 56.1 Å². The Morgan fingerprint density at radius 1 is 0.848 bits per heavy atom. The lowest BCUT2D eigenvalue weighted by molar-refractivity contribution is -0.129. The van der Waals surface area contributed by atoms with Crippen molar-refractivity contribution < 1.29 is 29.3 Å². The van der Waals surface area contributed by atoms with Gasteiger partial charge in [-0.05, 0) is 81.1 Å². The maximum atomic E-state index is 11.9. The van der Waals surface area contributed by atoms with Crippen LogP contribution in [0.15, 0.2) is 43.4 Å². The van der Waals surface area contributed by atoms with Crippen LogP contribution in [0.2, 0.25) is 0 Å². The first-order valence-electron chi connectivity index (χ1n) is 9.69. The molecule has 0 heterocycles. The van der Waals surface area contributed by atoms with Crippen LogP contribution in [0.3, 0.4) is 0 Å². The fourth-order valence-corrected chi connectivity index (χ4v) is 3.37. The van der Waals surface area contributed by atoms with E-state index < -0.39 is 18.2 Å². The summed E-state index contributed by atoms with van der Waals surface area (Å²) in [6.45, 7) is 4.30. The zero-order valence-electron chi connectivity index (χ0n) is 17.8. The average molecular weight is 586 g/mol. The number of rotatable bonds is 10. The second kappa shape index (κ2) is 12.8. The van der Waals surface area contributed by atoms with E-state index in [1.54, 1.807) is 38.1 Å².